The van der Waals surface area contributed by atoms with E-state index < -0.39 is 0 Å². The Hall–Kier alpha value is -2.43. The van der Waals surface area contributed by atoms with Crippen LogP contribution in [0.2, 0.25) is 0 Å². The second-order valence-electron chi connectivity index (χ2n) is 6.82. The molecule has 5 heteroatoms. The van der Waals surface area contributed by atoms with Crippen molar-refractivity contribution in [1.82, 2.24) is 0 Å². The molecular formula is C21H27NO4. The Labute approximate surface area is 154 Å². The molecule has 140 valence electrons. The first-order chi connectivity index (χ1) is 12.4. The standard InChI is InChI=1S/C21H27NO4/c1-4-11-26-20(25)15-7-9-16(10-8-15)22-14-17-18(23)12-21(5-2,6-3)13-19(17)24/h7-10,14,22H,4-6,11-13H2,1-3H3. The molecule has 0 unspecified atom stereocenters. The molecule has 1 aromatic rings. The molecule has 0 spiro atoms. The van der Waals surface area contributed by atoms with Crippen LogP contribution in [0, 0.1) is 5.41 Å². The number of rotatable bonds is 7. The van der Waals surface area contributed by atoms with Gasteiger partial charge in [0.2, 0.25) is 0 Å². The molecule has 1 aromatic carbocycles. The highest BCUT2D eigenvalue weighted by Crippen LogP contribution is 2.40. The Balaban J connectivity index is 2.04. The summed E-state index contributed by atoms with van der Waals surface area (Å²) < 4.78 is 5.08. The van der Waals surface area contributed by atoms with E-state index in [9.17, 15) is 14.4 Å². The zero-order valence-corrected chi connectivity index (χ0v) is 15.8. The smallest absolute Gasteiger partial charge is 0.338 e. The fourth-order valence-corrected chi connectivity index (χ4v) is 3.14. The number of benzene rings is 1. The summed E-state index contributed by atoms with van der Waals surface area (Å²) in [5, 5.41) is 2.99. The van der Waals surface area contributed by atoms with Gasteiger partial charge in [-0.05, 0) is 48.9 Å². The third-order valence-corrected chi connectivity index (χ3v) is 5.11. The van der Waals surface area contributed by atoms with E-state index in [-0.39, 0.29) is 28.5 Å². The summed E-state index contributed by atoms with van der Waals surface area (Å²) in [7, 11) is 0. The fourth-order valence-electron chi connectivity index (χ4n) is 3.14. The predicted molar refractivity (Wildman–Crippen MR) is 101 cm³/mol. The van der Waals surface area contributed by atoms with Crippen LogP contribution in [0.15, 0.2) is 36.0 Å². The summed E-state index contributed by atoms with van der Waals surface area (Å²) in [6, 6.07) is 6.75. The lowest BCUT2D eigenvalue weighted by Crippen LogP contribution is -2.35. The molecule has 0 amide bonds. The number of anilines is 1. The van der Waals surface area contributed by atoms with Crippen molar-refractivity contribution in [3.8, 4) is 0 Å². The number of ketones is 2. The van der Waals surface area contributed by atoms with Gasteiger partial charge in [-0.2, -0.15) is 0 Å². The first kappa shape index (κ1) is 19.9. The minimum Gasteiger partial charge on any atom is -0.462 e. The maximum atomic E-state index is 12.4. The first-order valence-electron chi connectivity index (χ1n) is 9.25. The third kappa shape index (κ3) is 4.59. The summed E-state index contributed by atoms with van der Waals surface area (Å²) in [5.41, 5.74) is 1.21. The van der Waals surface area contributed by atoms with Crippen LogP contribution in [0.5, 0.6) is 0 Å². The summed E-state index contributed by atoms with van der Waals surface area (Å²) in [6.45, 7) is 6.40. The van der Waals surface area contributed by atoms with E-state index in [1.54, 1.807) is 24.3 Å². The van der Waals surface area contributed by atoms with Crippen LogP contribution in [0.4, 0.5) is 5.69 Å². The number of carbonyl (C=O) groups excluding carboxylic acids is 3. The van der Waals surface area contributed by atoms with Gasteiger partial charge in [0.25, 0.3) is 0 Å². The van der Waals surface area contributed by atoms with E-state index in [1.807, 2.05) is 20.8 Å². The van der Waals surface area contributed by atoms with Gasteiger partial charge < -0.3 is 10.1 Å². The lowest BCUT2D eigenvalue weighted by atomic mass is 9.68. The van der Waals surface area contributed by atoms with Crippen LogP contribution in [0.25, 0.3) is 0 Å². The molecular weight excluding hydrogens is 330 g/mol. The Morgan fingerprint density at radius 1 is 1.08 bits per heavy atom. The molecule has 1 fully saturated rings. The predicted octanol–water partition coefficient (Wildman–Crippen LogP) is 4.29. The summed E-state index contributed by atoms with van der Waals surface area (Å²) in [4.78, 5) is 36.6. The molecule has 1 N–H and O–H groups in total. The monoisotopic (exact) mass is 357 g/mol. The van der Waals surface area contributed by atoms with E-state index in [0.717, 1.165) is 19.3 Å². The minimum atomic E-state index is -0.357. The summed E-state index contributed by atoms with van der Waals surface area (Å²) in [6.07, 6.45) is 4.76. The highest BCUT2D eigenvalue weighted by molar-refractivity contribution is 6.22. The van der Waals surface area contributed by atoms with Crippen molar-refractivity contribution in [3.63, 3.8) is 0 Å². The highest BCUT2D eigenvalue weighted by atomic mass is 16.5. The lowest BCUT2D eigenvalue weighted by molar-refractivity contribution is -0.128. The van der Waals surface area contributed by atoms with Crippen LogP contribution >= 0.6 is 0 Å². The van der Waals surface area contributed by atoms with Crippen LogP contribution in [0.3, 0.4) is 0 Å². The number of Topliss-reactive ketones (excluding diaryl/α,β-unsaturated/α-hetero) is 2. The van der Waals surface area contributed by atoms with Crippen LogP contribution in [-0.4, -0.2) is 24.1 Å². The molecule has 5 nitrogen and oxygen atoms in total. The van der Waals surface area contributed by atoms with Gasteiger partial charge in [-0.3, -0.25) is 9.59 Å². The average molecular weight is 357 g/mol. The number of nitrogens with one attached hydrogen (secondary N) is 1. The Kier molecular flexibility index (Phi) is 6.72. The molecule has 0 bridgehead atoms. The largest absolute Gasteiger partial charge is 0.462 e. The van der Waals surface area contributed by atoms with Crippen LogP contribution in [0.1, 0.15) is 63.2 Å². The highest BCUT2D eigenvalue weighted by Gasteiger charge is 2.39. The fraction of sp³-hybridized carbons (Fsp3) is 0.476. The number of allylic oxidation sites excluding steroid dienone is 1. The Morgan fingerprint density at radius 2 is 1.65 bits per heavy atom. The van der Waals surface area contributed by atoms with E-state index in [0.29, 0.717) is 30.7 Å². The molecule has 0 atom stereocenters. The normalized spacial score (nSPS) is 16.3. The first-order valence-corrected chi connectivity index (χ1v) is 9.25. The van der Waals surface area contributed by atoms with Gasteiger partial charge >= 0.3 is 5.97 Å². The van der Waals surface area contributed by atoms with Crippen molar-refractivity contribution in [1.29, 1.82) is 0 Å². The van der Waals surface area contributed by atoms with Crippen LogP contribution < -0.4 is 5.32 Å². The van der Waals surface area contributed by atoms with E-state index in [4.69, 9.17) is 4.74 Å². The molecule has 1 aliphatic rings. The van der Waals surface area contributed by atoms with Gasteiger partial charge in [0.1, 0.15) is 0 Å². The number of hydrogen-bond acceptors (Lipinski definition) is 5. The third-order valence-electron chi connectivity index (χ3n) is 5.11. The van der Waals surface area contributed by atoms with Crippen molar-refractivity contribution in [2.24, 2.45) is 5.41 Å². The molecule has 0 saturated heterocycles. The molecule has 0 heterocycles. The van der Waals surface area contributed by atoms with Crippen molar-refractivity contribution >= 4 is 23.2 Å². The maximum Gasteiger partial charge on any atom is 0.338 e. The Morgan fingerprint density at radius 3 is 2.15 bits per heavy atom. The van der Waals surface area contributed by atoms with E-state index in [1.165, 1.54) is 6.20 Å². The number of hydrogen-bond donors (Lipinski definition) is 1. The molecule has 0 aromatic heterocycles. The van der Waals surface area contributed by atoms with E-state index in [2.05, 4.69) is 5.32 Å². The zero-order valence-electron chi connectivity index (χ0n) is 15.8. The van der Waals surface area contributed by atoms with Gasteiger partial charge in [-0.15, -0.1) is 0 Å². The number of esters is 1. The van der Waals surface area contributed by atoms with Crippen LogP contribution in [-0.2, 0) is 14.3 Å². The molecule has 0 aliphatic heterocycles. The maximum absolute atomic E-state index is 12.4. The van der Waals surface area contributed by atoms with E-state index >= 15 is 0 Å². The van der Waals surface area contributed by atoms with Gasteiger partial charge in [0, 0.05) is 24.7 Å². The minimum absolute atomic E-state index is 0.0998. The molecule has 2 rings (SSSR count). The van der Waals surface area contributed by atoms with Gasteiger partial charge in [0.15, 0.2) is 11.6 Å². The molecule has 0 radical (unpaired) electrons. The SMILES string of the molecule is CCCOC(=O)c1ccc(NC=C2C(=O)CC(CC)(CC)CC2=O)cc1. The quantitative estimate of drug-likeness (QED) is 0.448. The van der Waals surface area contributed by atoms with Gasteiger partial charge in [-0.1, -0.05) is 20.8 Å². The van der Waals surface area contributed by atoms with Crippen molar-refractivity contribution < 1.29 is 19.1 Å². The summed E-state index contributed by atoms with van der Waals surface area (Å²) >= 11 is 0. The molecule has 1 saturated carbocycles. The molecule has 1 aliphatic carbocycles. The van der Waals surface area contributed by atoms with Crippen molar-refractivity contribution in [3.05, 3.63) is 41.6 Å². The topological polar surface area (TPSA) is 72.5 Å². The second kappa shape index (κ2) is 8.79. The average Bonchev–Trinajstić information content (AvgIpc) is 2.65. The molecule has 26 heavy (non-hydrogen) atoms. The van der Waals surface area contributed by atoms with Crippen molar-refractivity contribution in [2.45, 2.75) is 52.9 Å². The van der Waals surface area contributed by atoms with Gasteiger partial charge in [-0.25, -0.2) is 4.79 Å². The van der Waals surface area contributed by atoms with Crippen molar-refractivity contribution in [2.75, 3.05) is 11.9 Å². The number of ether oxygens (including phenoxy) is 1. The Bertz CT molecular complexity index is 677. The van der Waals surface area contributed by atoms with Gasteiger partial charge in [0.05, 0.1) is 17.7 Å². The summed E-state index contributed by atoms with van der Waals surface area (Å²) in [5.74, 6) is -0.556. The lowest BCUT2D eigenvalue weighted by Gasteiger charge is -2.34. The number of carbonyl (C=O) groups is 3. The zero-order chi connectivity index (χ0) is 19.2. The second-order valence-corrected chi connectivity index (χ2v) is 6.82.